The summed E-state index contributed by atoms with van der Waals surface area (Å²) < 4.78 is 38.7. The molecule has 0 fully saturated rings. The van der Waals surface area contributed by atoms with Gasteiger partial charge >= 0.3 is 0 Å². The third kappa shape index (κ3) is 8.19. The van der Waals surface area contributed by atoms with Crippen molar-refractivity contribution in [1.29, 1.82) is 0 Å². The molecule has 0 N–H and O–H groups in total. The van der Waals surface area contributed by atoms with Gasteiger partial charge in [-0.15, -0.1) is 0 Å². The molecule has 0 radical (unpaired) electrons. The van der Waals surface area contributed by atoms with Gasteiger partial charge in [0.25, 0.3) is 0 Å². The minimum Gasteiger partial charge on any atom is -0.748 e. The minimum absolute atomic E-state index is 0.105. The molecule has 0 amide bonds. The second kappa shape index (κ2) is 15.4. The fraction of sp³-hybridized carbons (Fsp3) is 0.462. The van der Waals surface area contributed by atoms with E-state index in [9.17, 15) is 13.0 Å². The van der Waals surface area contributed by atoms with E-state index in [1.54, 1.807) is 0 Å². The zero-order chi connectivity index (χ0) is 34.9. The summed E-state index contributed by atoms with van der Waals surface area (Å²) >= 11 is 12.0. The van der Waals surface area contributed by atoms with Crippen LogP contribution in [0.1, 0.15) is 97.1 Å². The minimum atomic E-state index is -4.22. The van der Waals surface area contributed by atoms with Crippen molar-refractivity contribution < 1.29 is 17.5 Å². The molecule has 2 heterocycles. The first kappa shape index (κ1) is 37.8. The number of fused-ring (bicyclic) bond motifs is 2. The standard InChI is InChI=1S/C39H47ClI2N2O3S/c1-6-7-8-22-43-33-18-16-29(41)25-31(33)38(2,3)35(43)20-14-27-12-11-13-28(37(27)40)15-21-36-39(4,5)32-26-30(42)17-19-34(32)44(36)23-9-10-24-48(45,46)47/h14-21,25-26H,6-13,22-24H2,1-5H3. The summed E-state index contributed by atoms with van der Waals surface area (Å²) in [5.74, 6) is -0.332. The number of rotatable bonds is 12. The van der Waals surface area contributed by atoms with Gasteiger partial charge in [-0.2, -0.15) is 4.58 Å². The third-order valence-corrected chi connectivity index (χ3v) is 12.7. The van der Waals surface area contributed by atoms with Gasteiger partial charge in [0.2, 0.25) is 5.69 Å². The number of allylic oxidation sites excluding steroid dienone is 8. The van der Waals surface area contributed by atoms with Gasteiger partial charge in [0.05, 0.1) is 15.5 Å². The number of hydrogen-bond acceptors (Lipinski definition) is 4. The quantitative estimate of drug-likeness (QED) is 0.0921. The molecule has 0 saturated carbocycles. The van der Waals surface area contributed by atoms with Crippen molar-refractivity contribution >= 4 is 84.0 Å². The Morgan fingerprint density at radius 2 is 1.62 bits per heavy atom. The van der Waals surface area contributed by atoms with Crippen LogP contribution in [0.4, 0.5) is 11.4 Å². The molecule has 48 heavy (non-hydrogen) atoms. The Kier molecular flexibility index (Phi) is 12.1. The molecule has 0 spiro atoms. The molecule has 258 valence electrons. The molecule has 5 nitrogen and oxygen atoms in total. The van der Waals surface area contributed by atoms with Crippen molar-refractivity contribution in [1.82, 2.24) is 0 Å². The molecule has 1 aliphatic carbocycles. The van der Waals surface area contributed by atoms with Crippen molar-refractivity contribution in [2.45, 2.75) is 96.8 Å². The van der Waals surface area contributed by atoms with Crippen LogP contribution >= 0.6 is 56.8 Å². The van der Waals surface area contributed by atoms with E-state index in [0.717, 1.165) is 54.2 Å². The maximum atomic E-state index is 11.2. The Bertz CT molecular complexity index is 1840. The number of unbranched alkanes of at least 4 members (excludes halogenated alkanes) is 3. The molecule has 9 heteroatoms. The topological polar surface area (TPSA) is 63.5 Å². The fourth-order valence-electron chi connectivity index (χ4n) is 7.41. The first-order valence-electron chi connectivity index (χ1n) is 17.1. The molecular formula is C39H47ClI2N2O3S. The largest absolute Gasteiger partial charge is 0.748 e. The Balaban J connectivity index is 1.47. The second-order valence-electron chi connectivity index (χ2n) is 14.2. The average molecular weight is 913 g/mol. The monoisotopic (exact) mass is 912 g/mol. The van der Waals surface area contributed by atoms with Crippen LogP contribution in [0.25, 0.3) is 0 Å². The van der Waals surface area contributed by atoms with E-state index in [1.165, 1.54) is 48.1 Å². The molecule has 0 saturated heterocycles. The highest BCUT2D eigenvalue weighted by Crippen LogP contribution is 2.49. The molecule has 3 aliphatic rings. The van der Waals surface area contributed by atoms with Gasteiger partial charge in [-0.25, -0.2) is 8.42 Å². The molecule has 2 aromatic carbocycles. The summed E-state index contributed by atoms with van der Waals surface area (Å²) in [5.41, 5.74) is 9.54. The van der Waals surface area contributed by atoms with Crippen LogP contribution < -0.4 is 4.90 Å². The number of halogens is 3. The normalized spacial score (nSPS) is 20.5. The zero-order valence-corrected chi connectivity index (χ0v) is 34.6. The van der Waals surface area contributed by atoms with Gasteiger partial charge < -0.3 is 9.45 Å². The molecular weight excluding hydrogens is 866 g/mol. The van der Waals surface area contributed by atoms with Crippen LogP contribution in [0, 0.1) is 7.14 Å². The summed E-state index contributed by atoms with van der Waals surface area (Å²) in [7, 11) is -4.22. The lowest BCUT2D eigenvalue weighted by Gasteiger charge is -2.27. The summed E-state index contributed by atoms with van der Waals surface area (Å²) in [5, 5.41) is 0.838. The van der Waals surface area contributed by atoms with Crippen molar-refractivity contribution in [3.63, 3.8) is 0 Å². The van der Waals surface area contributed by atoms with Gasteiger partial charge in [-0.1, -0.05) is 50.9 Å². The highest BCUT2D eigenvalue weighted by molar-refractivity contribution is 14.1. The van der Waals surface area contributed by atoms with Crippen LogP contribution in [-0.4, -0.2) is 42.1 Å². The second-order valence-corrected chi connectivity index (χ2v) is 18.6. The maximum Gasteiger partial charge on any atom is 0.209 e. The number of hydrogen-bond donors (Lipinski definition) is 0. The zero-order valence-electron chi connectivity index (χ0n) is 28.7. The van der Waals surface area contributed by atoms with E-state index in [-0.39, 0.29) is 16.6 Å². The lowest BCUT2D eigenvalue weighted by atomic mass is 9.81. The Labute approximate surface area is 320 Å². The van der Waals surface area contributed by atoms with Crippen molar-refractivity contribution in [3.05, 3.63) is 101 Å². The van der Waals surface area contributed by atoms with Gasteiger partial charge in [0, 0.05) is 65.4 Å². The molecule has 2 aliphatic heterocycles. The number of anilines is 1. The lowest BCUT2D eigenvalue weighted by molar-refractivity contribution is -0.438. The van der Waals surface area contributed by atoms with E-state index in [4.69, 9.17) is 11.6 Å². The molecule has 0 aromatic heterocycles. The van der Waals surface area contributed by atoms with Gasteiger partial charge in [-0.3, -0.25) is 0 Å². The summed E-state index contributed by atoms with van der Waals surface area (Å²) in [6.07, 6.45) is 16.4. The molecule has 2 aromatic rings. The number of nitrogens with zero attached hydrogens (tertiary/aromatic N) is 2. The van der Waals surface area contributed by atoms with Gasteiger partial charge in [0.1, 0.15) is 6.54 Å². The Morgan fingerprint density at radius 3 is 2.33 bits per heavy atom. The van der Waals surface area contributed by atoms with Crippen molar-refractivity contribution in [3.8, 4) is 0 Å². The molecule has 0 atom stereocenters. The van der Waals surface area contributed by atoms with Crippen LogP contribution in [-0.2, 0) is 20.9 Å². The van der Waals surface area contributed by atoms with Gasteiger partial charge in [-0.05, 0) is 151 Å². The molecule has 5 rings (SSSR count). The summed E-state index contributed by atoms with van der Waals surface area (Å²) in [4.78, 5) is 2.30. The lowest BCUT2D eigenvalue weighted by Crippen LogP contribution is -2.28. The predicted molar refractivity (Wildman–Crippen MR) is 217 cm³/mol. The number of benzene rings is 2. The highest BCUT2D eigenvalue weighted by atomic mass is 127. The maximum absolute atomic E-state index is 11.2. The summed E-state index contributed by atoms with van der Waals surface area (Å²) in [6.45, 7) is 13.1. The Hall–Kier alpha value is -1.47. The first-order chi connectivity index (χ1) is 22.6. The molecule has 0 unspecified atom stereocenters. The average Bonchev–Trinajstić information content (AvgIpc) is 3.35. The highest BCUT2D eigenvalue weighted by Gasteiger charge is 2.44. The fourth-order valence-corrected chi connectivity index (χ4v) is 9.27. The van der Waals surface area contributed by atoms with E-state index in [1.807, 2.05) is 0 Å². The van der Waals surface area contributed by atoms with Crippen molar-refractivity contribution in [2.24, 2.45) is 0 Å². The molecule has 0 bridgehead atoms. The van der Waals surface area contributed by atoms with Gasteiger partial charge in [0.15, 0.2) is 5.71 Å². The van der Waals surface area contributed by atoms with Crippen molar-refractivity contribution in [2.75, 3.05) is 23.7 Å². The van der Waals surface area contributed by atoms with E-state index < -0.39 is 10.1 Å². The smallest absolute Gasteiger partial charge is 0.209 e. The van der Waals surface area contributed by atoms with E-state index in [2.05, 4.69) is 150 Å². The first-order valence-corrected chi connectivity index (χ1v) is 21.2. The third-order valence-electron chi connectivity index (χ3n) is 10.1. The SMILES string of the molecule is CCCCC[N+]1=C(/C=C/C2=C(Cl)C(=C/C=C3/N(CCCCS(=O)(=O)[O-])c4ccc(I)cc4C3(C)C)/CCC2)C(C)(C)c2cc(I)ccc21. The van der Waals surface area contributed by atoms with E-state index in [0.29, 0.717) is 19.4 Å². The van der Waals surface area contributed by atoms with E-state index >= 15 is 0 Å². The summed E-state index contributed by atoms with van der Waals surface area (Å²) in [6, 6.07) is 13.3. The predicted octanol–water partition coefficient (Wildman–Crippen LogP) is 10.6. The van der Waals surface area contributed by atoms with Crippen LogP contribution in [0.2, 0.25) is 0 Å². The van der Waals surface area contributed by atoms with Crippen LogP contribution in [0.5, 0.6) is 0 Å². The van der Waals surface area contributed by atoms with Crippen LogP contribution in [0.15, 0.2) is 82.6 Å². The Morgan fingerprint density at radius 1 is 0.917 bits per heavy atom. The van der Waals surface area contributed by atoms with Crippen LogP contribution in [0.3, 0.4) is 0 Å².